The van der Waals surface area contributed by atoms with Gasteiger partial charge in [-0.05, 0) is 6.92 Å². The molecule has 1 fully saturated rings. The Balaban J connectivity index is 0.00000196. The summed E-state index contributed by atoms with van der Waals surface area (Å²) in [6.07, 6.45) is 2.89. The standard InChI is InChI=1S/C16H19N3O4S2.Na/c1-7-11-10(8(2)20)14(21)19(11)12(15(22)23)13(7)25-9-5-18-4-3-17-16(18)24-6-9;/h3-4,7-11,20H,5-6H2,1-2H3,(H,22,23);/q;+1/p-1/t7-,8-,9?,10-,11-;/m1./s1. The number of amides is 1. The van der Waals surface area contributed by atoms with Crippen LogP contribution in [0.3, 0.4) is 0 Å². The monoisotopic (exact) mass is 403 g/mol. The van der Waals surface area contributed by atoms with Crippen LogP contribution in [0.15, 0.2) is 28.2 Å². The first-order chi connectivity index (χ1) is 11.9. The summed E-state index contributed by atoms with van der Waals surface area (Å²) in [6, 6.07) is -0.289. The third-order valence-corrected chi connectivity index (χ3v) is 7.92. The summed E-state index contributed by atoms with van der Waals surface area (Å²) in [7, 11) is 0. The first-order valence-corrected chi connectivity index (χ1v) is 10.0. The molecule has 0 saturated carbocycles. The van der Waals surface area contributed by atoms with E-state index in [2.05, 4.69) is 9.55 Å². The van der Waals surface area contributed by atoms with Gasteiger partial charge in [0.25, 0.3) is 0 Å². The van der Waals surface area contributed by atoms with Gasteiger partial charge in [-0.25, -0.2) is 4.98 Å². The molecule has 3 aliphatic rings. The normalized spacial score (nSPS) is 31.0. The third kappa shape index (κ3) is 3.06. The molecule has 0 spiro atoms. The average molecular weight is 403 g/mol. The fraction of sp³-hybridized carbons (Fsp3) is 0.562. The number of carbonyl (C=O) groups is 2. The maximum absolute atomic E-state index is 12.3. The fourth-order valence-corrected chi connectivity index (χ4v) is 6.53. The molecule has 0 aliphatic carbocycles. The summed E-state index contributed by atoms with van der Waals surface area (Å²) in [5.41, 5.74) is -0.00849. The molecule has 1 aromatic rings. The molecule has 1 unspecified atom stereocenters. The van der Waals surface area contributed by atoms with Gasteiger partial charge >= 0.3 is 29.6 Å². The van der Waals surface area contributed by atoms with E-state index in [9.17, 15) is 19.8 Å². The van der Waals surface area contributed by atoms with Crippen molar-refractivity contribution in [3.8, 4) is 0 Å². The molecule has 1 N–H and O–H groups in total. The number of hydrogen-bond acceptors (Lipinski definition) is 7. The van der Waals surface area contributed by atoms with E-state index in [-0.39, 0.29) is 58.4 Å². The van der Waals surface area contributed by atoms with E-state index in [1.807, 2.05) is 13.1 Å². The Morgan fingerprint density at radius 3 is 2.92 bits per heavy atom. The second kappa shape index (κ2) is 7.52. The van der Waals surface area contributed by atoms with Crippen molar-refractivity contribution in [2.45, 2.75) is 42.9 Å². The van der Waals surface area contributed by atoms with Crippen LogP contribution in [0, 0.1) is 11.8 Å². The molecule has 3 aliphatic heterocycles. The molecule has 0 aromatic carbocycles. The maximum atomic E-state index is 12.3. The number of fused-ring (bicyclic) bond motifs is 2. The summed E-state index contributed by atoms with van der Waals surface area (Å²) in [5, 5.41) is 22.7. The Morgan fingerprint density at radius 1 is 1.54 bits per heavy atom. The summed E-state index contributed by atoms with van der Waals surface area (Å²) >= 11 is 3.16. The number of nitrogens with zero attached hydrogens (tertiary/aromatic N) is 3. The summed E-state index contributed by atoms with van der Waals surface area (Å²) in [6.45, 7) is 4.26. The number of carboxylic acid groups (broad SMARTS) is 1. The summed E-state index contributed by atoms with van der Waals surface area (Å²) in [4.78, 5) is 30.3. The molecule has 26 heavy (non-hydrogen) atoms. The van der Waals surface area contributed by atoms with E-state index < -0.39 is 18.0 Å². The maximum Gasteiger partial charge on any atom is 1.00 e. The largest absolute Gasteiger partial charge is 1.00 e. The Hall–Kier alpha value is -0.450. The van der Waals surface area contributed by atoms with E-state index in [1.54, 1.807) is 24.9 Å². The number of aliphatic hydroxyl groups is 1. The van der Waals surface area contributed by atoms with Gasteiger partial charge in [0.2, 0.25) is 5.91 Å². The molecule has 1 amide bonds. The first-order valence-electron chi connectivity index (χ1n) is 8.17. The number of hydrogen-bond donors (Lipinski definition) is 1. The van der Waals surface area contributed by atoms with E-state index in [1.165, 1.54) is 16.7 Å². The molecule has 1 saturated heterocycles. The number of imidazole rings is 1. The molecule has 7 nitrogen and oxygen atoms in total. The van der Waals surface area contributed by atoms with E-state index >= 15 is 0 Å². The molecule has 4 heterocycles. The van der Waals surface area contributed by atoms with Crippen molar-refractivity contribution in [3.63, 3.8) is 0 Å². The number of aliphatic hydroxyl groups excluding tert-OH is 1. The van der Waals surface area contributed by atoms with Crippen molar-refractivity contribution < 1.29 is 49.4 Å². The number of aromatic nitrogens is 2. The van der Waals surface area contributed by atoms with Crippen molar-refractivity contribution in [3.05, 3.63) is 23.0 Å². The van der Waals surface area contributed by atoms with Crippen LogP contribution in [0.1, 0.15) is 13.8 Å². The minimum Gasteiger partial charge on any atom is -0.543 e. The number of aliphatic carboxylic acids is 1. The topological polar surface area (TPSA) is 98.5 Å². The molecule has 5 atom stereocenters. The summed E-state index contributed by atoms with van der Waals surface area (Å²) in [5.74, 6) is -1.47. The molecule has 4 rings (SSSR count). The zero-order valence-electron chi connectivity index (χ0n) is 14.8. The molecule has 134 valence electrons. The van der Waals surface area contributed by atoms with Crippen molar-refractivity contribution in [1.29, 1.82) is 0 Å². The smallest absolute Gasteiger partial charge is 0.543 e. The van der Waals surface area contributed by atoms with E-state index in [4.69, 9.17) is 0 Å². The van der Waals surface area contributed by atoms with Gasteiger partial charge in [-0.2, -0.15) is 0 Å². The van der Waals surface area contributed by atoms with Crippen LogP contribution in [-0.2, 0) is 16.1 Å². The summed E-state index contributed by atoms with van der Waals surface area (Å²) < 4.78 is 2.06. The van der Waals surface area contributed by atoms with Crippen LogP contribution in [0.2, 0.25) is 0 Å². The van der Waals surface area contributed by atoms with Crippen molar-refractivity contribution in [2.24, 2.45) is 11.8 Å². The van der Waals surface area contributed by atoms with E-state index in [0.29, 0.717) is 4.91 Å². The van der Waals surface area contributed by atoms with Gasteiger partial charge in [-0.15, -0.1) is 11.8 Å². The molecular formula is C16H18N3NaO4S2. The number of carbonyl (C=O) groups excluding carboxylic acids is 2. The van der Waals surface area contributed by atoms with Crippen molar-refractivity contribution in [2.75, 3.05) is 5.75 Å². The average Bonchev–Trinajstić information content (AvgIpc) is 3.09. The van der Waals surface area contributed by atoms with Crippen LogP contribution in [0.25, 0.3) is 0 Å². The fourth-order valence-electron chi connectivity index (χ4n) is 3.93. The molecular weight excluding hydrogens is 385 g/mol. The second-order valence-electron chi connectivity index (χ2n) is 6.67. The van der Waals surface area contributed by atoms with Crippen LogP contribution in [0.5, 0.6) is 0 Å². The second-order valence-corrected chi connectivity index (χ2v) is 9.00. The number of β-lactam (4-membered cyclic amide) rings is 1. The molecule has 0 radical (unpaired) electrons. The third-order valence-electron chi connectivity index (χ3n) is 5.07. The Kier molecular flexibility index (Phi) is 5.87. The minimum absolute atomic E-state index is 0. The quantitative estimate of drug-likeness (QED) is 0.420. The first kappa shape index (κ1) is 20.3. The van der Waals surface area contributed by atoms with Crippen LogP contribution < -0.4 is 34.7 Å². The van der Waals surface area contributed by atoms with E-state index in [0.717, 1.165) is 17.5 Å². The van der Waals surface area contributed by atoms with Gasteiger partial charge in [-0.1, -0.05) is 18.7 Å². The number of thioether (sulfide) groups is 2. The predicted molar refractivity (Wildman–Crippen MR) is 91.3 cm³/mol. The minimum atomic E-state index is -1.32. The SMILES string of the molecule is C[C@@H](O)[C@H]1C(=O)N2C(C(=O)[O-])=C(SC3CSc4nccn4C3)[C@H](C)[C@H]12.[Na+]. The van der Waals surface area contributed by atoms with Gasteiger partial charge in [0.1, 0.15) is 0 Å². The Morgan fingerprint density at radius 2 is 2.27 bits per heavy atom. The van der Waals surface area contributed by atoms with Crippen molar-refractivity contribution >= 4 is 35.4 Å². The van der Waals surface area contributed by atoms with Crippen LogP contribution >= 0.6 is 23.5 Å². The van der Waals surface area contributed by atoms with Gasteiger partial charge in [-0.3, -0.25) is 4.79 Å². The number of rotatable bonds is 4. The predicted octanol–water partition coefficient (Wildman–Crippen LogP) is -3.09. The van der Waals surface area contributed by atoms with Gasteiger partial charge in [0, 0.05) is 40.8 Å². The van der Waals surface area contributed by atoms with Gasteiger partial charge < -0.3 is 24.5 Å². The van der Waals surface area contributed by atoms with Crippen molar-refractivity contribution in [1.82, 2.24) is 14.5 Å². The number of carboxylic acids is 1. The molecule has 1 aromatic heterocycles. The van der Waals surface area contributed by atoms with Crippen LogP contribution in [-0.4, -0.2) is 54.6 Å². The van der Waals surface area contributed by atoms with Gasteiger partial charge in [0.15, 0.2) is 5.16 Å². The van der Waals surface area contributed by atoms with Crippen LogP contribution in [0.4, 0.5) is 0 Å². The molecule has 10 heteroatoms. The van der Waals surface area contributed by atoms with Gasteiger partial charge in [0.05, 0.1) is 29.7 Å². The zero-order valence-corrected chi connectivity index (χ0v) is 18.4. The molecule has 0 bridgehead atoms. The zero-order chi connectivity index (χ0) is 17.9. The Labute approximate surface area is 181 Å². The Bertz CT molecular complexity index is 781.